The molecule has 0 radical (unpaired) electrons. The number of aromatic nitrogens is 2. The number of methoxy groups -OCH3 is 2. The number of ether oxygens (including phenoxy) is 2. The summed E-state index contributed by atoms with van der Waals surface area (Å²) in [7, 11) is 3.06. The molecule has 0 saturated heterocycles. The molecule has 0 aliphatic heterocycles. The number of fused-ring (bicyclic) bond motifs is 3. The third-order valence-electron chi connectivity index (χ3n) is 5.08. The van der Waals surface area contributed by atoms with Crippen molar-refractivity contribution in [3.8, 4) is 17.2 Å². The smallest absolute Gasteiger partial charge is 0.280 e. The molecule has 0 unspecified atom stereocenters. The summed E-state index contributed by atoms with van der Waals surface area (Å²) in [5.74, 6) is 0.472. The molecule has 0 atom stereocenters. The highest BCUT2D eigenvalue weighted by molar-refractivity contribution is 6.10. The largest absolute Gasteiger partial charge is 0.495 e. The molecular weight excluding hydrogens is 394 g/mol. The maximum absolute atomic E-state index is 13.1. The fourth-order valence-electron chi connectivity index (χ4n) is 3.58. The minimum Gasteiger partial charge on any atom is -0.495 e. The van der Waals surface area contributed by atoms with Crippen molar-refractivity contribution >= 4 is 33.5 Å². The Morgan fingerprint density at radius 2 is 1.65 bits per heavy atom. The number of hydrogen-bond donors (Lipinski definition) is 1. The number of benzene rings is 3. The first-order valence-electron chi connectivity index (χ1n) is 9.67. The quantitative estimate of drug-likeness (QED) is 0.437. The second-order valence-electron chi connectivity index (χ2n) is 6.93. The van der Waals surface area contributed by atoms with Gasteiger partial charge in [0.2, 0.25) is 0 Å². The summed E-state index contributed by atoms with van der Waals surface area (Å²) in [6.07, 6.45) is 1.67. The van der Waals surface area contributed by atoms with Crippen molar-refractivity contribution in [1.29, 1.82) is 0 Å². The fraction of sp³-hybridized carbons (Fsp3) is 0.0833. The number of carbonyl (C=O) groups is 1. The molecule has 1 amide bonds. The normalized spacial score (nSPS) is 11.0. The summed E-state index contributed by atoms with van der Waals surface area (Å²) >= 11 is 0. The van der Waals surface area contributed by atoms with Gasteiger partial charge in [-0.15, -0.1) is 0 Å². The molecule has 0 fully saturated rings. The molecule has 5 aromatic rings. The summed E-state index contributed by atoms with van der Waals surface area (Å²) in [6, 6.07) is 20.9. The van der Waals surface area contributed by atoms with Gasteiger partial charge in [-0.2, -0.15) is 5.10 Å². The van der Waals surface area contributed by atoms with E-state index in [4.69, 9.17) is 13.9 Å². The first-order chi connectivity index (χ1) is 15.2. The number of nitrogens with one attached hydrogen (secondary N) is 1. The molecule has 5 rings (SSSR count). The van der Waals surface area contributed by atoms with Gasteiger partial charge >= 0.3 is 0 Å². The van der Waals surface area contributed by atoms with E-state index in [-0.39, 0.29) is 5.69 Å². The number of rotatable bonds is 5. The van der Waals surface area contributed by atoms with Crippen molar-refractivity contribution in [2.45, 2.75) is 0 Å². The van der Waals surface area contributed by atoms with Crippen LogP contribution in [0.2, 0.25) is 0 Å². The summed E-state index contributed by atoms with van der Waals surface area (Å²) in [6.45, 7) is 0. The molecule has 7 nitrogen and oxygen atoms in total. The lowest BCUT2D eigenvalue weighted by Gasteiger charge is -2.10. The van der Waals surface area contributed by atoms with Crippen LogP contribution in [-0.4, -0.2) is 29.9 Å². The Kier molecular flexibility index (Phi) is 4.55. The lowest BCUT2D eigenvalue weighted by Crippen LogP contribution is -2.14. The Hall–Kier alpha value is -4.26. The van der Waals surface area contributed by atoms with Crippen LogP contribution in [0.3, 0.4) is 0 Å². The molecule has 154 valence electrons. The molecule has 31 heavy (non-hydrogen) atoms. The van der Waals surface area contributed by atoms with E-state index in [0.29, 0.717) is 22.8 Å². The van der Waals surface area contributed by atoms with Crippen LogP contribution in [-0.2, 0) is 0 Å². The highest BCUT2D eigenvalue weighted by Gasteiger charge is 2.21. The Morgan fingerprint density at radius 3 is 2.42 bits per heavy atom. The van der Waals surface area contributed by atoms with Crippen LogP contribution in [0.1, 0.15) is 10.5 Å². The van der Waals surface area contributed by atoms with Gasteiger partial charge in [0.1, 0.15) is 16.9 Å². The molecular formula is C24H19N3O4. The topological polar surface area (TPSA) is 78.5 Å². The minimum atomic E-state index is -0.416. The maximum Gasteiger partial charge on any atom is 0.280 e. The third kappa shape index (κ3) is 3.26. The second-order valence-corrected chi connectivity index (χ2v) is 6.93. The van der Waals surface area contributed by atoms with Gasteiger partial charge in [-0.3, -0.25) is 4.79 Å². The standard InChI is InChI=1S/C24H19N3O4/c1-29-21-12-17-16-10-6-7-11-19(16)31-20(17)13-18(21)25-24(28)23-22(30-2)14-27(26-23)15-8-4-3-5-9-15/h3-14H,1-2H3,(H,25,28). The average Bonchev–Trinajstić information content (AvgIpc) is 3.40. The highest BCUT2D eigenvalue weighted by atomic mass is 16.5. The van der Waals surface area contributed by atoms with Crippen molar-refractivity contribution in [2.24, 2.45) is 0 Å². The summed E-state index contributed by atoms with van der Waals surface area (Å²) < 4.78 is 18.4. The van der Waals surface area contributed by atoms with Crippen molar-refractivity contribution in [1.82, 2.24) is 9.78 Å². The number of anilines is 1. The van der Waals surface area contributed by atoms with Gasteiger partial charge in [0, 0.05) is 16.8 Å². The summed E-state index contributed by atoms with van der Waals surface area (Å²) in [5, 5.41) is 9.19. The SMILES string of the molecule is COc1cc2c(cc1NC(=O)c1nn(-c3ccccc3)cc1OC)oc1ccccc12. The van der Waals surface area contributed by atoms with E-state index in [1.165, 1.54) is 7.11 Å². The Labute approximate surface area is 177 Å². The monoisotopic (exact) mass is 413 g/mol. The zero-order valence-corrected chi connectivity index (χ0v) is 17.0. The number of furan rings is 1. The van der Waals surface area contributed by atoms with Crippen molar-refractivity contribution in [2.75, 3.05) is 19.5 Å². The molecule has 0 spiro atoms. The number of nitrogens with zero attached hydrogens (tertiary/aromatic N) is 2. The van der Waals surface area contributed by atoms with Crippen LogP contribution >= 0.6 is 0 Å². The molecule has 0 bridgehead atoms. The summed E-state index contributed by atoms with van der Waals surface area (Å²) in [4.78, 5) is 13.1. The molecule has 0 aliphatic rings. The van der Waals surface area contributed by atoms with Crippen molar-refractivity contribution in [3.63, 3.8) is 0 Å². The number of amides is 1. The number of carbonyl (C=O) groups excluding carboxylic acids is 1. The van der Waals surface area contributed by atoms with E-state index in [1.54, 1.807) is 24.1 Å². The van der Waals surface area contributed by atoms with Crippen molar-refractivity contribution in [3.05, 3.63) is 78.6 Å². The number of para-hydroxylation sites is 2. The van der Waals surface area contributed by atoms with Gasteiger partial charge in [-0.1, -0.05) is 36.4 Å². The minimum absolute atomic E-state index is 0.165. The van der Waals surface area contributed by atoms with Gasteiger partial charge in [0.15, 0.2) is 11.4 Å². The predicted molar refractivity (Wildman–Crippen MR) is 118 cm³/mol. The molecule has 2 aromatic heterocycles. The molecule has 0 saturated carbocycles. The number of hydrogen-bond acceptors (Lipinski definition) is 5. The van der Waals surface area contributed by atoms with E-state index < -0.39 is 5.91 Å². The van der Waals surface area contributed by atoms with E-state index in [2.05, 4.69) is 10.4 Å². The lowest BCUT2D eigenvalue weighted by atomic mass is 10.1. The van der Waals surface area contributed by atoms with Crippen LogP contribution in [0, 0.1) is 0 Å². The van der Waals surface area contributed by atoms with Gasteiger partial charge in [-0.25, -0.2) is 4.68 Å². The average molecular weight is 413 g/mol. The van der Waals surface area contributed by atoms with Gasteiger partial charge in [0.05, 0.1) is 31.8 Å². The van der Waals surface area contributed by atoms with Crippen LogP contribution in [0.15, 0.2) is 77.3 Å². The predicted octanol–water partition coefficient (Wildman–Crippen LogP) is 5.04. The van der Waals surface area contributed by atoms with E-state index in [0.717, 1.165) is 22.0 Å². The van der Waals surface area contributed by atoms with Crippen LogP contribution < -0.4 is 14.8 Å². The zero-order chi connectivity index (χ0) is 21.4. The first-order valence-corrected chi connectivity index (χ1v) is 9.67. The molecule has 7 heteroatoms. The summed E-state index contributed by atoms with van der Waals surface area (Å²) in [5.41, 5.74) is 2.89. The maximum atomic E-state index is 13.1. The lowest BCUT2D eigenvalue weighted by molar-refractivity contribution is 0.101. The third-order valence-corrected chi connectivity index (χ3v) is 5.08. The second kappa shape index (κ2) is 7.53. The van der Waals surface area contributed by atoms with Crippen LogP contribution in [0.4, 0.5) is 5.69 Å². The van der Waals surface area contributed by atoms with Crippen LogP contribution in [0.25, 0.3) is 27.6 Å². The van der Waals surface area contributed by atoms with Gasteiger partial charge in [0.25, 0.3) is 5.91 Å². The molecule has 0 aliphatic carbocycles. The van der Waals surface area contributed by atoms with Gasteiger partial charge in [-0.05, 0) is 24.3 Å². The first kappa shape index (κ1) is 18.7. The Morgan fingerprint density at radius 1 is 0.903 bits per heavy atom. The van der Waals surface area contributed by atoms with Crippen molar-refractivity contribution < 1.29 is 18.7 Å². The van der Waals surface area contributed by atoms with E-state index >= 15 is 0 Å². The van der Waals surface area contributed by atoms with E-state index in [1.807, 2.05) is 60.7 Å². The molecule has 2 heterocycles. The van der Waals surface area contributed by atoms with E-state index in [9.17, 15) is 4.79 Å². The Bertz CT molecular complexity index is 1400. The fourth-order valence-corrected chi connectivity index (χ4v) is 3.58. The Balaban J connectivity index is 1.53. The van der Waals surface area contributed by atoms with Crippen LogP contribution in [0.5, 0.6) is 11.5 Å². The highest BCUT2D eigenvalue weighted by Crippen LogP contribution is 2.36. The molecule has 3 aromatic carbocycles. The van der Waals surface area contributed by atoms with Gasteiger partial charge < -0.3 is 19.2 Å². The molecule has 1 N–H and O–H groups in total. The zero-order valence-electron chi connectivity index (χ0n) is 17.0.